The molecule has 1 aliphatic carbocycles. The van der Waals surface area contributed by atoms with Crippen LogP contribution in [0, 0.1) is 14.8 Å². The van der Waals surface area contributed by atoms with Gasteiger partial charge in [0.15, 0.2) is 0 Å². The first-order valence-electron chi connectivity index (χ1n) is 8.60. The van der Waals surface area contributed by atoms with Crippen LogP contribution in [-0.4, -0.2) is 14.5 Å². The summed E-state index contributed by atoms with van der Waals surface area (Å²) in [5, 5.41) is 11.2. The molecule has 1 heterocycles. The maximum absolute atomic E-state index is 11.2. The van der Waals surface area contributed by atoms with Crippen LogP contribution in [0.3, 0.4) is 0 Å². The van der Waals surface area contributed by atoms with Gasteiger partial charge in [0.25, 0.3) is 5.69 Å². The van der Waals surface area contributed by atoms with Gasteiger partial charge in [-0.25, -0.2) is 4.98 Å². The summed E-state index contributed by atoms with van der Waals surface area (Å²) in [5.41, 5.74) is 3.98. The topological polar surface area (TPSA) is 61.0 Å². The quantitative estimate of drug-likeness (QED) is 0.371. The van der Waals surface area contributed by atoms with Gasteiger partial charge >= 0.3 is 0 Å². The van der Waals surface area contributed by atoms with Crippen LogP contribution in [0.5, 0.6) is 0 Å². The molecule has 0 radical (unpaired) electrons. The summed E-state index contributed by atoms with van der Waals surface area (Å²) in [5.74, 6) is 0.733. The lowest BCUT2D eigenvalue weighted by Crippen LogP contribution is -2.17. The number of nitrogens with zero attached hydrogens (tertiary/aromatic N) is 3. The first-order chi connectivity index (χ1) is 12.6. The highest BCUT2D eigenvalue weighted by Gasteiger charge is 2.21. The van der Waals surface area contributed by atoms with Gasteiger partial charge in [-0.1, -0.05) is 48.6 Å². The second-order valence-corrected chi connectivity index (χ2v) is 6.74. The molecular weight excluding hydrogens is 346 g/mol. The van der Waals surface area contributed by atoms with E-state index in [4.69, 9.17) is 17.2 Å². The molecule has 5 nitrogen and oxygen atoms in total. The van der Waals surface area contributed by atoms with Crippen LogP contribution < -0.4 is 0 Å². The minimum atomic E-state index is -0.367. The van der Waals surface area contributed by atoms with Crippen LogP contribution in [0.25, 0.3) is 17.1 Å². The third-order valence-electron chi connectivity index (χ3n) is 4.72. The van der Waals surface area contributed by atoms with E-state index in [0.29, 0.717) is 4.64 Å². The number of hydrogen-bond donors (Lipinski definition) is 0. The van der Waals surface area contributed by atoms with E-state index < -0.39 is 0 Å². The Kier molecular flexibility index (Phi) is 4.34. The average Bonchev–Trinajstić information content (AvgIpc) is 2.68. The number of rotatable bonds is 3. The first kappa shape index (κ1) is 16.6. The third kappa shape index (κ3) is 2.93. The molecular formula is C20H17N3O2S. The van der Waals surface area contributed by atoms with Crippen molar-refractivity contribution in [3.63, 3.8) is 0 Å². The second-order valence-electron chi connectivity index (χ2n) is 6.35. The van der Waals surface area contributed by atoms with Gasteiger partial charge in [-0.15, -0.1) is 0 Å². The Morgan fingerprint density at radius 3 is 2.58 bits per heavy atom. The molecule has 26 heavy (non-hydrogen) atoms. The van der Waals surface area contributed by atoms with Crippen LogP contribution in [0.15, 0.2) is 54.6 Å². The van der Waals surface area contributed by atoms with E-state index in [-0.39, 0.29) is 10.6 Å². The molecule has 0 unspecified atom stereocenters. The summed E-state index contributed by atoms with van der Waals surface area (Å²) < 4.78 is 2.69. The molecule has 4 rings (SSSR count). The lowest BCUT2D eigenvalue weighted by atomic mass is 9.96. The fraction of sp³-hybridized carbons (Fsp3) is 0.200. The van der Waals surface area contributed by atoms with Crippen molar-refractivity contribution in [1.29, 1.82) is 0 Å². The van der Waals surface area contributed by atoms with Crippen molar-refractivity contribution in [2.45, 2.75) is 25.7 Å². The van der Waals surface area contributed by atoms with Crippen LogP contribution in [0.2, 0.25) is 0 Å². The van der Waals surface area contributed by atoms with Crippen molar-refractivity contribution in [3.8, 4) is 17.1 Å². The van der Waals surface area contributed by atoms with Crippen molar-refractivity contribution < 1.29 is 4.92 Å². The van der Waals surface area contributed by atoms with Gasteiger partial charge in [0, 0.05) is 29.0 Å². The van der Waals surface area contributed by atoms with Crippen molar-refractivity contribution in [1.82, 2.24) is 9.55 Å². The predicted molar refractivity (Wildman–Crippen MR) is 103 cm³/mol. The lowest BCUT2D eigenvalue weighted by molar-refractivity contribution is -0.384. The molecule has 0 N–H and O–H groups in total. The highest BCUT2D eigenvalue weighted by atomic mass is 32.1. The molecule has 2 aromatic carbocycles. The average molecular weight is 363 g/mol. The number of aromatic nitrogens is 2. The van der Waals surface area contributed by atoms with E-state index in [2.05, 4.69) is 0 Å². The van der Waals surface area contributed by atoms with Gasteiger partial charge in [-0.3, -0.25) is 14.7 Å². The van der Waals surface area contributed by atoms with Crippen LogP contribution >= 0.6 is 12.2 Å². The molecule has 0 aliphatic heterocycles. The summed E-state index contributed by atoms with van der Waals surface area (Å²) in [4.78, 5) is 15.6. The summed E-state index contributed by atoms with van der Waals surface area (Å²) in [6, 6.07) is 16.5. The maximum atomic E-state index is 11.2. The lowest BCUT2D eigenvalue weighted by Gasteiger charge is -2.24. The van der Waals surface area contributed by atoms with Crippen molar-refractivity contribution in [2.75, 3.05) is 0 Å². The van der Waals surface area contributed by atoms with E-state index in [1.807, 2.05) is 41.0 Å². The largest absolute Gasteiger partial charge is 0.298 e. The first-order valence-corrected chi connectivity index (χ1v) is 9.01. The molecule has 0 fully saturated rings. The standard InChI is InChI=1S/C20H17N3O2S/c24-23(25)16-10-6-9-15(13-16)22-18-12-5-4-11-17(18)20(26)21-19(22)14-7-2-1-3-8-14/h1-3,6-10,13H,4-5,11-12H2. The summed E-state index contributed by atoms with van der Waals surface area (Å²) in [6.45, 7) is 0. The zero-order valence-corrected chi connectivity index (χ0v) is 14.9. The Balaban J connectivity index is 2.04. The molecule has 0 atom stereocenters. The molecule has 6 heteroatoms. The Morgan fingerprint density at radius 1 is 1.04 bits per heavy atom. The molecule has 3 aromatic rings. The highest BCUT2D eigenvalue weighted by molar-refractivity contribution is 7.71. The third-order valence-corrected chi connectivity index (χ3v) is 5.05. The van der Waals surface area contributed by atoms with E-state index in [0.717, 1.165) is 54.0 Å². The highest BCUT2D eigenvalue weighted by Crippen LogP contribution is 2.31. The molecule has 1 aromatic heterocycles. The SMILES string of the molecule is O=[N+]([O-])c1cccc(-n2c(-c3ccccc3)nc(=S)c3c2CCCC3)c1. The minimum Gasteiger partial charge on any atom is -0.298 e. The Hall–Kier alpha value is -2.86. The zero-order chi connectivity index (χ0) is 18.1. The number of fused-ring (bicyclic) bond motifs is 1. The number of non-ortho nitro benzene ring substituents is 1. The number of nitro benzene ring substituents is 1. The van der Waals surface area contributed by atoms with Gasteiger partial charge in [0.05, 0.1) is 10.6 Å². The molecule has 130 valence electrons. The molecule has 0 saturated carbocycles. The Morgan fingerprint density at radius 2 is 1.81 bits per heavy atom. The molecule has 0 spiro atoms. The minimum absolute atomic E-state index is 0.0704. The van der Waals surface area contributed by atoms with Crippen LogP contribution in [0.1, 0.15) is 24.1 Å². The van der Waals surface area contributed by atoms with E-state index >= 15 is 0 Å². The van der Waals surface area contributed by atoms with Gasteiger partial charge in [0.2, 0.25) is 0 Å². The summed E-state index contributed by atoms with van der Waals surface area (Å²) in [7, 11) is 0. The van der Waals surface area contributed by atoms with E-state index in [1.54, 1.807) is 12.1 Å². The normalized spacial score (nSPS) is 13.2. The Bertz CT molecular complexity index is 1040. The number of hydrogen-bond acceptors (Lipinski definition) is 4. The summed E-state index contributed by atoms with van der Waals surface area (Å²) in [6.07, 6.45) is 3.97. The van der Waals surface area contributed by atoms with E-state index in [9.17, 15) is 10.1 Å². The molecule has 1 aliphatic rings. The van der Waals surface area contributed by atoms with Gasteiger partial charge in [0.1, 0.15) is 10.5 Å². The van der Waals surface area contributed by atoms with E-state index in [1.165, 1.54) is 6.07 Å². The second kappa shape index (κ2) is 6.80. The monoisotopic (exact) mass is 363 g/mol. The van der Waals surface area contributed by atoms with Crippen molar-refractivity contribution in [3.05, 3.63) is 80.6 Å². The smallest absolute Gasteiger partial charge is 0.271 e. The fourth-order valence-corrected chi connectivity index (χ4v) is 3.82. The zero-order valence-electron chi connectivity index (χ0n) is 14.1. The van der Waals surface area contributed by atoms with Crippen molar-refractivity contribution in [2.24, 2.45) is 0 Å². The van der Waals surface area contributed by atoms with Crippen LogP contribution in [-0.2, 0) is 12.8 Å². The van der Waals surface area contributed by atoms with Gasteiger partial charge < -0.3 is 0 Å². The molecule has 0 bridgehead atoms. The molecule has 0 saturated heterocycles. The number of nitro groups is 1. The predicted octanol–water partition coefficient (Wildman–Crippen LogP) is 5.06. The maximum Gasteiger partial charge on any atom is 0.271 e. The van der Waals surface area contributed by atoms with Crippen LogP contribution in [0.4, 0.5) is 5.69 Å². The summed E-state index contributed by atoms with van der Waals surface area (Å²) >= 11 is 5.57. The van der Waals surface area contributed by atoms with Gasteiger partial charge in [-0.2, -0.15) is 0 Å². The molecule has 0 amide bonds. The van der Waals surface area contributed by atoms with Gasteiger partial charge in [-0.05, 0) is 31.7 Å². The van der Waals surface area contributed by atoms with Crippen molar-refractivity contribution >= 4 is 17.9 Å². The number of benzene rings is 2. The Labute approximate surface area is 156 Å². The fourth-order valence-electron chi connectivity index (χ4n) is 3.51.